The van der Waals surface area contributed by atoms with E-state index < -0.39 is 17.3 Å². The maximum atomic E-state index is 13.0. The minimum absolute atomic E-state index is 0.0795. The first-order valence-electron chi connectivity index (χ1n) is 6.53. The van der Waals surface area contributed by atoms with E-state index in [1.165, 1.54) is 6.92 Å². The molecule has 0 fully saturated rings. The Morgan fingerprint density at radius 2 is 1.96 bits per heavy atom. The van der Waals surface area contributed by atoms with Gasteiger partial charge in [0.25, 0.3) is 0 Å². The van der Waals surface area contributed by atoms with Crippen LogP contribution < -0.4 is 0 Å². The fourth-order valence-electron chi connectivity index (χ4n) is 1.92. The highest BCUT2D eigenvalue weighted by Gasteiger charge is 2.35. The number of carbonyl (C=O) groups excluding carboxylic acids is 1. The van der Waals surface area contributed by atoms with Crippen LogP contribution in [0.25, 0.3) is 0 Å². The molecule has 2 aromatic rings. The second-order valence-electron chi connectivity index (χ2n) is 4.68. The van der Waals surface area contributed by atoms with Crippen LogP contribution in [0, 0.1) is 18.3 Å². The lowest BCUT2D eigenvalue weighted by Crippen LogP contribution is -2.11. The lowest BCUT2D eigenvalue weighted by molar-refractivity contribution is -0.138. The van der Waals surface area contributed by atoms with Crippen molar-refractivity contribution in [3.63, 3.8) is 0 Å². The number of nitriles is 1. The first-order valence-corrected chi connectivity index (χ1v) is 7.51. The van der Waals surface area contributed by atoms with Gasteiger partial charge in [0.15, 0.2) is 5.78 Å². The topological polar surface area (TPSA) is 53.8 Å². The minimum atomic E-state index is -4.64. The molecule has 0 bridgehead atoms. The van der Waals surface area contributed by atoms with E-state index in [9.17, 15) is 18.0 Å². The van der Waals surface area contributed by atoms with Crippen LogP contribution in [0.1, 0.15) is 27.2 Å². The molecule has 1 heterocycles. The Kier molecular flexibility index (Phi) is 5.06. The number of hydrogen-bond acceptors (Lipinski definition) is 4. The quantitative estimate of drug-likeness (QED) is 0.618. The molecule has 0 radical (unpaired) electrons. The van der Waals surface area contributed by atoms with Gasteiger partial charge in [-0.3, -0.25) is 4.79 Å². The molecule has 2 rings (SSSR count). The van der Waals surface area contributed by atoms with E-state index in [0.717, 1.165) is 17.8 Å². The minimum Gasteiger partial charge on any atom is -0.293 e. The first-order chi connectivity index (χ1) is 10.8. The number of Topliss-reactive ketones (excluding diaryl/α,β-unsaturated/α-hetero) is 1. The average Bonchev–Trinajstić information content (AvgIpc) is 2.52. The number of ketones is 1. The number of halogens is 3. The molecule has 3 nitrogen and oxygen atoms in total. The van der Waals surface area contributed by atoms with Crippen molar-refractivity contribution < 1.29 is 18.0 Å². The number of benzene rings is 1. The zero-order chi connectivity index (χ0) is 17.0. The third kappa shape index (κ3) is 4.11. The summed E-state index contributed by atoms with van der Waals surface area (Å²) in [5.41, 5.74) is -0.968. The maximum Gasteiger partial charge on any atom is 0.417 e. The highest BCUT2D eigenvalue weighted by Crippen LogP contribution is 2.35. The smallest absolute Gasteiger partial charge is 0.293 e. The molecule has 0 atom stereocenters. The van der Waals surface area contributed by atoms with Gasteiger partial charge in [-0.15, -0.1) is 0 Å². The molecular weight excluding hydrogens is 325 g/mol. The van der Waals surface area contributed by atoms with Gasteiger partial charge in [0, 0.05) is 11.3 Å². The van der Waals surface area contributed by atoms with Gasteiger partial charge in [0.2, 0.25) is 0 Å². The van der Waals surface area contributed by atoms with E-state index >= 15 is 0 Å². The van der Waals surface area contributed by atoms with Gasteiger partial charge in [-0.2, -0.15) is 18.4 Å². The summed E-state index contributed by atoms with van der Waals surface area (Å²) in [6.45, 7) is 1.42. The van der Waals surface area contributed by atoms with Crippen LogP contribution in [0.15, 0.2) is 41.4 Å². The van der Waals surface area contributed by atoms with Crippen molar-refractivity contribution in [2.75, 3.05) is 5.75 Å². The molecule has 0 unspecified atom stereocenters. The predicted octanol–water partition coefficient (Wildman–Crippen LogP) is 4.26. The summed E-state index contributed by atoms with van der Waals surface area (Å²) < 4.78 is 39.0. The average molecular weight is 336 g/mol. The van der Waals surface area contributed by atoms with Crippen LogP contribution in [-0.4, -0.2) is 16.5 Å². The Hall–Kier alpha value is -2.33. The summed E-state index contributed by atoms with van der Waals surface area (Å²) in [5.74, 6) is -0.330. The molecule has 0 saturated carbocycles. The highest BCUT2D eigenvalue weighted by atomic mass is 32.2. The van der Waals surface area contributed by atoms with Crippen molar-refractivity contribution >= 4 is 17.5 Å². The molecule has 0 spiro atoms. The van der Waals surface area contributed by atoms with Gasteiger partial charge < -0.3 is 0 Å². The van der Waals surface area contributed by atoms with Gasteiger partial charge in [-0.25, -0.2) is 4.98 Å². The lowest BCUT2D eigenvalue weighted by atomic mass is 10.1. The summed E-state index contributed by atoms with van der Waals surface area (Å²) in [7, 11) is 0. The summed E-state index contributed by atoms with van der Waals surface area (Å²) in [4.78, 5) is 16.0. The molecule has 0 aliphatic carbocycles. The third-order valence-electron chi connectivity index (χ3n) is 2.97. The van der Waals surface area contributed by atoms with E-state index in [4.69, 9.17) is 5.26 Å². The lowest BCUT2D eigenvalue weighted by Gasteiger charge is -2.12. The van der Waals surface area contributed by atoms with Crippen molar-refractivity contribution in [2.24, 2.45) is 0 Å². The summed E-state index contributed by atoms with van der Waals surface area (Å²) in [6.07, 6.45) is -4.64. The number of aromatic nitrogens is 1. The van der Waals surface area contributed by atoms with Crippen LogP contribution in [0.2, 0.25) is 0 Å². The number of rotatable bonds is 4. The van der Waals surface area contributed by atoms with E-state index in [0.29, 0.717) is 5.56 Å². The first kappa shape index (κ1) is 17.0. The predicted molar refractivity (Wildman–Crippen MR) is 80.2 cm³/mol. The molecular formula is C16H11F3N2OS. The van der Waals surface area contributed by atoms with Gasteiger partial charge in [0.1, 0.15) is 11.1 Å². The third-order valence-corrected chi connectivity index (χ3v) is 3.94. The number of aryl methyl sites for hydroxylation is 1. The second kappa shape index (κ2) is 6.84. The molecule has 23 heavy (non-hydrogen) atoms. The molecule has 7 heteroatoms. The Balaban J connectivity index is 2.29. The number of hydrogen-bond donors (Lipinski definition) is 0. The van der Waals surface area contributed by atoms with Gasteiger partial charge in [-0.1, -0.05) is 42.1 Å². The van der Waals surface area contributed by atoms with Crippen molar-refractivity contribution in [3.8, 4) is 6.07 Å². The SMILES string of the molecule is Cc1cc(C(F)(F)F)c(C#N)c(SCC(=O)c2ccccc2)n1. The number of nitrogens with zero attached hydrogens (tertiary/aromatic N) is 2. The van der Waals surface area contributed by atoms with Crippen LogP contribution in [0.4, 0.5) is 13.2 Å². The van der Waals surface area contributed by atoms with E-state index in [1.807, 2.05) is 0 Å². The molecule has 1 aromatic carbocycles. The molecule has 0 amide bonds. The zero-order valence-electron chi connectivity index (χ0n) is 12.0. The number of alkyl halides is 3. The zero-order valence-corrected chi connectivity index (χ0v) is 12.8. The molecule has 0 N–H and O–H groups in total. The second-order valence-corrected chi connectivity index (χ2v) is 5.64. The van der Waals surface area contributed by atoms with Crippen molar-refractivity contribution in [1.29, 1.82) is 5.26 Å². The normalized spacial score (nSPS) is 11.1. The molecule has 0 aliphatic rings. The Bertz CT molecular complexity index is 767. The van der Waals surface area contributed by atoms with Crippen molar-refractivity contribution in [1.82, 2.24) is 4.98 Å². The monoisotopic (exact) mass is 336 g/mol. The van der Waals surface area contributed by atoms with Crippen LogP contribution >= 0.6 is 11.8 Å². The van der Waals surface area contributed by atoms with Crippen LogP contribution in [0.3, 0.4) is 0 Å². The van der Waals surface area contributed by atoms with Crippen molar-refractivity contribution in [3.05, 3.63) is 58.8 Å². The fraction of sp³-hybridized carbons (Fsp3) is 0.188. The van der Waals surface area contributed by atoms with Crippen LogP contribution in [0.5, 0.6) is 0 Å². The van der Waals surface area contributed by atoms with Crippen molar-refractivity contribution in [2.45, 2.75) is 18.1 Å². The number of pyridine rings is 1. The Labute approximate surface area is 135 Å². The number of carbonyl (C=O) groups is 1. The van der Waals surface area contributed by atoms with E-state index in [1.54, 1.807) is 36.4 Å². The largest absolute Gasteiger partial charge is 0.417 e. The van der Waals surface area contributed by atoms with E-state index in [2.05, 4.69) is 4.98 Å². The fourth-order valence-corrected chi connectivity index (χ4v) is 2.86. The van der Waals surface area contributed by atoms with Crippen LogP contribution in [-0.2, 0) is 6.18 Å². The Morgan fingerprint density at radius 3 is 2.52 bits per heavy atom. The number of thioether (sulfide) groups is 1. The Morgan fingerprint density at radius 1 is 1.30 bits per heavy atom. The van der Waals surface area contributed by atoms with Gasteiger partial charge >= 0.3 is 6.18 Å². The summed E-state index contributed by atoms with van der Waals surface area (Å²) >= 11 is 0.836. The highest BCUT2D eigenvalue weighted by molar-refractivity contribution is 8.00. The summed E-state index contributed by atoms with van der Waals surface area (Å²) in [6, 6.07) is 10.8. The molecule has 1 aromatic heterocycles. The van der Waals surface area contributed by atoms with Gasteiger partial charge in [0.05, 0.1) is 16.9 Å². The summed E-state index contributed by atoms with van der Waals surface area (Å²) in [5, 5.41) is 8.97. The molecule has 118 valence electrons. The van der Waals surface area contributed by atoms with Gasteiger partial charge in [-0.05, 0) is 13.0 Å². The standard InChI is InChI=1S/C16H11F3N2OS/c1-10-7-13(16(17,18)19)12(8-20)15(21-10)23-9-14(22)11-5-3-2-4-6-11/h2-7H,9H2,1H3. The molecule has 0 saturated heterocycles. The maximum absolute atomic E-state index is 13.0. The van der Waals surface area contributed by atoms with E-state index in [-0.39, 0.29) is 22.3 Å². The molecule has 0 aliphatic heterocycles.